The minimum absolute atomic E-state index is 0.116. The Hall–Kier alpha value is -1.39. The molecule has 1 heterocycles. The number of amides is 1. The Morgan fingerprint density at radius 2 is 1.76 bits per heavy atom. The molecular weight excluding hydrogens is 312 g/mol. The smallest absolute Gasteiger partial charge is 0.230 e. The molecule has 4 heteroatoms. The van der Waals surface area contributed by atoms with Crippen molar-refractivity contribution in [3.05, 3.63) is 35.9 Å². The first-order chi connectivity index (χ1) is 12.0. The highest BCUT2D eigenvalue weighted by molar-refractivity contribution is 5.87. The van der Waals surface area contributed by atoms with Gasteiger partial charge in [-0.2, -0.15) is 0 Å². The highest BCUT2D eigenvalue weighted by Gasteiger charge is 2.40. The zero-order valence-corrected chi connectivity index (χ0v) is 15.7. The predicted molar refractivity (Wildman–Crippen MR) is 101 cm³/mol. The van der Waals surface area contributed by atoms with E-state index in [1.807, 2.05) is 44.2 Å². The molecule has 25 heavy (non-hydrogen) atoms. The summed E-state index contributed by atoms with van der Waals surface area (Å²) in [6, 6.07) is 10.1. The minimum Gasteiger partial charge on any atom is -0.379 e. The van der Waals surface area contributed by atoms with Crippen LogP contribution in [-0.2, 0) is 14.9 Å². The van der Waals surface area contributed by atoms with Crippen molar-refractivity contribution < 1.29 is 9.53 Å². The van der Waals surface area contributed by atoms with Crippen LogP contribution in [0.5, 0.6) is 0 Å². The Balaban J connectivity index is 1.69. The largest absolute Gasteiger partial charge is 0.379 e. The van der Waals surface area contributed by atoms with E-state index in [1.165, 1.54) is 32.1 Å². The summed E-state index contributed by atoms with van der Waals surface area (Å²) >= 11 is 0. The number of rotatable bonds is 5. The molecule has 3 rings (SSSR count). The van der Waals surface area contributed by atoms with Crippen LogP contribution in [0.3, 0.4) is 0 Å². The molecule has 1 aliphatic carbocycles. The van der Waals surface area contributed by atoms with E-state index < -0.39 is 5.41 Å². The average Bonchev–Trinajstić information content (AvgIpc) is 2.68. The Kier molecular flexibility index (Phi) is 5.80. The number of hydrogen-bond donors (Lipinski definition) is 1. The first-order valence-corrected chi connectivity index (χ1v) is 9.71. The van der Waals surface area contributed by atoms with Crippen molar-refractivity contribution in [1.82, 2.24) is 10.2 Å². The van der Waals surface area contributed by atoms with E-state index in [-0.39, 0.29) is 11.4 Å². The highest BCUT2D eigenvalue weighted by atomic mass is 16.5. The van der Waals surface area contributed by atoms with Crippen LogP contribution in [0.15, 0.2) is 30.3 Å². The van der Waals surface area contributed by atoms with Gasteiger partial charge in [-0.25, -0.2) is 0 Å². The Labute approximate surface area is 151 Å². The third-order valence-corrected chi connectivity index (χ3v) is 6.11. The average molecular weight is 344 g/mol. The van der Waals surface area contributed by atoms with Crippen molar-refractivity contribution in [2.45, 2.75) is 56.9 Å². The molecule has 1 saturated heterocycles. The van der Waals surface area contributed by atoms with Gasteiger partial charge in [-0.15, -0.1) is 0 Å². The van der Waals surface area contributed by atoms with Gasteiger partial charge in [0.2, 0.25) is 5.91 Å². The first-order valence-electron chi connectivity index (χ1n) is 9.71. The van der Waals surface area contributed by atoms with E-state index in [0.717, 1.165) is 38.4 Å². The summed E-state index contributed by atoms with van der Waals surface area (Å²) in [5, 5.41) is 3.31. The van der Waals surface area contributed by atoms with Crippen LogP contribution in [-0.4, -0.2) is 49.2 Å². The van der Waals surface area contributed by atoms with Crippen LogP contribution >= 0.6 is 0 Å². The summed E-state index contributed by atoms with van der Waals surface area (Å²) in [5.74, 6) is 0.122. The van der Waals surface area contributed by atoms with Crippen LogP contribution < -0.4 is 5.32 Å². The Bertz CT molecular complexity index is 559. The fraction of sp³-hybridized carbons (Fsp3) is 0.667. The maximum Gasteiger partial charge on any atom is 0.230 e. The van der Waals surface area contributed by atoms with E-state index in [2.05, 4.69) is 10.2 Å². The lowest BCUT2D eigenvalue weighted by molar-refractivity contribution is -0.127. The van der Waals surface area contributed by atoms with Crippen LogP contribution in [0, 0.1) is 0 Å². The third-order valence-electron chi connectivity index (χ3n) is 6.11. The van der Waals surface area contributed by atoms with E-state index in [4.69, 9.17) is 4.74 Å². The molecule has 138 valence electrons. The van der Waals surface area contributed by atoms with Crippen LogP contribution in [0.1, 0.15) is 51.5 Å². The van der Waals surface area contributed by atoms with Gasteiger partial charge in [-0.3, -0.25) is 9.69 Å². The van der Waals surface area contributed by atoms with Gasteiger partial charge in [-0.1, -0.05) is 49.6 Å². The number of carbonyl (C=O) groups is 1. The molecule has 0 bridgehead atoms. The molecule has 1 aromatic rings. The molecule has 0 aromatic heterocycles. The molecule has 1 saturated carbocycles. The number of carbonyl (C=O) groups excluding carboxylic acids is 1. The first kappa shape index (κ1) is 18.4. The van der Waals surface area contributed by atoms with E-state index >= 15 is 0 Å². The monoisotopic (exact) mass is 344 g/mol. The number of benzene rings is 1. The second kappa shape index (κ2) is 7.88. The molecular formula is C21H32N2O2. The number of ether oxygens (including phenoxy) is 1. The lowest BCUT2D eigenvalue weighted by Gasteiger charge is -2.48. The van der Waals surface area contributed by atoms with Gasteiger partial charge < -0.3 is 10.1 Å². The molecule has 1 N–H and O–H groups in total. The number of morpholine rings is 1. The lowest BCUT2D eigenvalue weighted by atomic mass is 9.79. The molecule has 0 radical (unpaired) electrons. The van der Waals surface area contributed by atoms with Crippen molar-refractivity contribution in [2.24, 2.45) is 0 Å². The van der Waals surface area contributed by atoms with E-state index in [0.29, 0.717) is 0 Å². The maximum atomic E-state index is 13.0. The van der Waals surface area contributed by atoms with Gasteiger partial charge in [0.15, 0.2) is 0 Å². The summed E-state index contributed by atoms with van der Waals surface area (Å²) in [4.78, 5) is 15.6. The summed E-state index contributed by atoms with van der Waals surface area (Å²) in [6.45, 7) is 8.37. The number of hydrogen-bond acceptors (Lipinski definition) is 3. The fourth-order valence-electron chi connectivity index (χ4n) is 4.30. The Morgan fingerprint density at radius 3 is 2.40 bits per heavy atom. The summed E-state index contributed by atoms with van der Waals surface area (Å²) < 4.78 is 5.54. The molecule has 1 amide bonds. The zero-order valence-electron chi connectivity index (χ0n) is 15.7. The summed E-state index contributed by atoms with van der Waals surface area (Å²) in [7, 11) is 0. The van der Waals surface area contributed by atoms with Crippen LogP contribution in [0.2, 0.25) is 0 Å². The van der Waals surface area contributed by atoms with Crippen molar-refractivity contribution >= 4 is 5.91 Å². The number of nitrogens with one attached hydrogen (secondary N) is 1. The highest BCUT2D eigenvalue weighted by Crippen LogP contribution is 2.34. The molecule has 0 spiro atoms. The molecule has 4 nitrogen and oxygen atoms in total. The SMILES string of the molecule is CC(C)(C(=O)NCC1(N2CCOCC2)CCCCC1)c1ccccc1. The van der Waals surface area contributed by atoms with Gasteiger partial charge in [-0.05, 0) is 32.3 Å². The van der Waals surface area contributed by atoms with Crippen molar-refractivity contribution in [3.8, 4) is 0 Å². The molecule has 2 aliphatic rings. The zero-order chi connectivity index (χ0) is 17.8. The molecule has 1 aromatic carbocycles. The second-order valence-electron chi connectivity index (χ2n) is 8.06. The van der Waals surface area contributed by atoms with Gasteiger partial charge in [0, 0.05) is 25.2 Å². The summed E-state index contributed by atoms with van der Waals surface area (Å²) in [5.41, 5.74) is 0.670. The molecule has 0 atom stereocenters. The van der Waals surface area contributed by atoms with Crippen molar-refractivity contribution in [1.29, 1.82) is 0 Å². The number of nitrogens with zero attached hydrogens (tertiary/aromatic N) is 1. The van der Waals surface area contributed by atoms with E-state index in [1.54, 1.807) is 0 Å². The second-order valence-corrected chi connectivity index (χ2v) is 8.06. The molecule has 2 fully saturated rings. The topological polar surface area (TPSA) is 41.6 Å². The van der Waals surface area contributed by atoms with Crippen LogP contribution in [0.4, 0.5) is 0 Å². The minimum atomic E-state index is -0.512. The molecule has 1 aliphatic heterocycles. The third kappa shape index (κ3) is 4.06. The van der Waals surface area contributed by atoms with Gasteiger partial charge in [0.25, 0.3) is 0 Å². The Morgan fingerprint density at radius 1 is 1.12 bits per heavy atom. The standard InChI is InChI=1S/C21H32N2O2/c1-20(2,18-9-5-3-6-10-18)19(24)22-17-21(11-7-4-8-12-21)23-13-15-25-16-14-23/h3,5-6,9-10H,4,7-8,11-17H2,1-2H3,(H,22,24). The van der Waals surface area contributed by atoms with Gasteiger partial charge in [0.1, 0.15) is 0 Å². The van der Waals surface area contributed by atoms with Crippen molar-refractivity contribution in [2.75, 3.05) is 32.8 Å². The van der Waals surface area contributed by atoms with Crippen molar-refractivity contribution in [3.63, 3.8) is 0 Å². The fourth-order valence-corrected chi connectivity index (χ4v) is 4.30. The molecule has 0 unspecified atom stereocenters. The quantitative estimate of drug-likeness (QED) is 0.892. The maximum absolute atomic E-state index is 13.0. The van der Waals surface area contributed by atoms with Crippen LogP contribution in [0.25, 0.3) is 0 Å². The summed E-state index contributed by atoms with van der Waals surface area (Å²) in [6.07, 6.45) is 6.19. The van der Waals surface area contributed by atoms with Gasteiger partial charge in [0.05, 0.1) is 18.6 Å². The van der Waals surface area contributed by atoms with Gasteiger partial charge >= 0.3 is 0 Å². The normalized spacial score (nSPS) is 21.7. The van der Waals surface area contributed by atoms with E-state index in [9.17, 15) is 4.79 Å². The lowest BCUT2D eigenvalue weighted by Crippen LogP contribution is -2.60. The predicted octanol–water partition coefficient (Wildman–Crippen LogP) is 3.12.